The van der Waals surface area contributed by atoms with E-state index in [0.717, 1.165) is 0 Å². The summed E-state index contributed by atoms with van der Waals surface area (Å²) >= 11 is 0. The number of hydrogen-bond donors (Lipinski definition) is 1. The SMILES string of the molecule is Cc1cc2c(C(N)=O)c3c(C)cc(=O)oc3c(C)c2o1. The molecule has 0 fully saturated rings. The third-order valence-electron chi connectivity index (χ3n) is 3.46. The highest BCUT2D eigenvalue weighted by molar-refractivity contribution is 6.18. The predicted molar refractivity (Wildman–Crippen MR) is 75.0 cm³/mol. The lowest BCUT2D eigenvalue weighted by Gasteiger charge is -2.09. The highest BCUT2D eigenvalue weighted by atomic mass is 16.4. The van der Waals surface area contributed by atoms with Gasteiger partial charge in [0.1, 0.15) is 16.9 Å². The minimum absolute atomic E-state index is 0.332. The standard InChI is InChI=1S/C15H13NO4/c1-6-4-10(17)20-14-8(3)13-9(5-7(2)19-13)12(11(6)14)15(16)18/h4-5H,1-3H3,(H2,16,18). The fourth-order valence-electron chi connectivity index (χ4n) is 2.66. The smallest absolute Gasteiger partial charge is 0.336 e. The Kier molecular flexibility index (Phi) is 2.47. The Bertz CT molecular complexity index is 931. The van der Waals surface area contributed by atoms with Crippen LogP contribution in [0.15, 0.2) is 25.8 Å². The van der Waals surface area contributed by atoms with Gasteiger partial charge >= 0.3 is 5.63 Å². The van der Waals surface area contributed by atoms with Crippen LogP contribution in [0.1, 0.15) is 27.2 Å². The van der Waals surface area contributed by atoms with Gasteiger partial charge in [0, 0.05) is 22.4 Å². The minimum Gasteiger partial charge on any atom is -0.461 e. The molecule has 0 spiro atoms. The lowest BCUT2D eigenvalue weighted by atomic mass is 9.97. The van der Waals surface area contributed by atoms with Gasteiger partial charge in [-0.2, -0.15) is 0 Å². The number of rotatable bonds is 1. The van der Waals surface area contributed by atoms with Crippen LogP contribution >= 0.6 is 0 Å². The molecule has 0 bridgehead atoms. The maximum absolute atomic E-state index is 11.8. The second-order valence-corrected chi connectivity index (χ2v) is 4.92. The number of primary amides is 1. The minimum atomic E-state index is -0.572. The molecule has 0 atom stereocenters. The Labute approximate surface area is 114 Å². The van der Waals surface area contributed by atoms with Crippen molar-refractivity contribution in [2.75, 3.05) is 0 Å². The summed E-state index contributed by atoms with van der Waals surface area (Å²) in [7, 11) is 0. The zero-order valence-electron chi connectivity index (χ0n) is 11.4. The van der Waals surface area contributed by atoms with E-state index < -0.39 is 11.5 Å². The van der Waals surface area contributed by atoms with Crippen LogP contribution < -0.4 is 11.4 Å². The van der Waals surface area contributed by atoms with Crippen molar-refractivity contribution in [2.24, 2.45) is 5.73 Å². The Balaban J connectivity index is 2.73. The molecule has 2 aromatic heterocycles. The van der Waals surface area contributed by atoms with Crippen molar-refractivity contribution < 1.29 is 13.6 Å². The second-order valence-electron chi connectivity index (χ2n) is 4.92. The summed E-state index contributed by atoms with van der Waals surface area (Å²) in [6, 6.07) is 3.12. The molecule has 3 rings (SSSR count). The van der Waals surface area contributed by atoms with E-state index in [1.165, 1.54) is 6.07 Å². The Morgan fingerprint density at radius 1 is 1.10 bits per heavy atom. The lowest BCUT2D eigenvalue weighted by molar-refractivity contribution is 0.100. The van der Waals surface area contributed by atoms with E-state index in [2.05, 4.69) is 0 Å². The number of aryl methyl sites for hydroxylation is 3. The molecular formula is C15H13NO4. The summed E-state index contributed by atoms with van der Waals surface area (Å²) in [6.45, 7) is 5.34. The summed E-state index contributed by atoms with van der Waals surface area (Å²) in [5.41, 5.74) is 7.61. The van der Waals surface area contributed by atoms with Gasteiger partial charge in [-0.25, -0.2) is 4.79 Å². The van der Waals surface area contributed by atoms with E-state index in [0.29, 0.717) is 44.4 Å². The van der Waals surface area contributed by atoms with Crippen LogP contribution in [0, 0.1) is 20.8 Å². The fraction of sp³-hybridized carbons (Fsp3) is 0.200. The molecule has 0 aliphatic carbocycles. The van der Waals surface area contributed by atoms with Crippen LogP contribution in [0.4, 0.5) is 0 Å². The van der Waals surface area contributed by atoms with Crippen molar-refractivity contribution in [1.82, 2.24) is 0 Å². The topological polar surface area (TPSA) is 86.4 Å². The third-order valence-corrected chi connectivity index (χ3v) is 3.46. The van der Waals surface area contributed by atoms with Crippen molar-refractivity contribution in [1.29, 1.82) is 0 Å². The van der Waals surface area contributed by atoms with Gasteiger partial charge in [-0.3, -0.25) is 4.79 Å². The van der Waals surface area contributed by atoms with Crippen LogP contribution in [0.25, 0.3) is 21.9 Å². The van der Waals surface area contributed by atoms with E-state index >= 15 is 0 Å². The highest BCUT2D eigenvalue weighted by Gasteiger charge is 2.21. The Hall–Kier alpha value is -2.56. The molecule has 0 radical (unpaired) electrons. The fourth-order valence-corrected chi connectivity index (χ4v) is 2.66. The first-order valence-corrected chi connectivity index (χ1v) is 6.17. The maximum Gasteiger partial charge on any atom is 0.336 e. The number of amides is 1. The van der Waals surface area contributed by atoms with Crippen LogP contribution in [0.3, 0.4) is 0 Å². The van der Waals surface area contributed by atoms with Crippen molar-refractivity contribution in [2.45, 2.75) is 20.8 Å². The lowest BCUT2D eigenvalue weighted by Crippen LogP contribution is -2.13. The molecule has 0 aliphatic rings. The van der Waals surface area contributed by atoms with Crippen LogP contribution in [-0.4, -0.2) is 5.91 Å². The van der Waals surface area contributed by atoms with Gasteiger partial charge in [-0.15, -0.1) is 0 Å². The Morgan fingerprint density at radius 3 is 2.45 bits per heavy atom. The molecule has 0 saturated heterocycles. The zero-order valence-corrected chi connectivity index (χ0v) is 11.4. The average Bonchev–Trinajstić information content (AvgIpc) is 2.72. The van der Waals surface area contributed by atoms with E-state index in [4.69, 9.17) is 14.6 Å². The van der Waals surface area contributed by atoms with Crippen LogP contribution in [0.2, 0.25) is 0 Å². The predicted octanol–water partition coefficient (Wildman–Crippen LogP) is 2.56. The summed E-state index contributed by atoms with van der Waals surface area (Å²) in [5.74, 6) is 0.0960. The second kappa shape index (κ2) is 3.96. The number of carbonyl (C=O) groups is 1. The van der Waals surface area contributed by atoms with Gasteiger partial charge in [0.25, 0.3) is 0 Å². The van der Waals surface area contributed by atoms with E-state index in [1.54, 1.807) is 26.8 Å². The molecule has 20 heavy (non-hydrogen) atoms. The van der Waals surface area contributed by atoms with Gasteiger partial charge in [0.15, 0.2) is 0 Å². The average molecular weight is 271 g/mol. The van der Waals surface area contributed by atoms with Crippen LogP contribution in [-0.2, 0) is 0 Å². The quantitative estimate of drug-likeness (QED) is 0.689. The van der Waals surface area contributed by atoms with E-state index in [-0.39, 0.29) is 0 Å². The molecule has 0 unspecified atom stereocenters. The maximum atomic E-state index is 11.8. The van der Waals surface area contributed by atoms with Crippen molar-refractivity contribution >= 4 is 27.8 Å². The monoisotopic (exact) mass is 271 g/mol. The number of furan rings is 1. The number of hydrogen-bond acceptors (Lipinski definition) is 4. The van der Waals surface area contributed by atoms with Gasteiger partial charge in [-0.05, 0) is 32.4 Å². The normalized spacial score (nSPS) is 11.3. The van der Waals surface area contributed by atoms with E-state index in [9.17, 15) is 9.59 Å². The first-order valence-electron chi connectivity index (χ1n) is 6.17. The molecular weight excluding hydrogens is 258 g/mol. The Morgan fingerprint density at radius 2 is 1.80 bits per heavy atom. The number of benzene rings is 1. The summed E-state index contributed by atoms with van der Waals surface area (Å²) in [4.78, 5) is 23.4. The van der Waals surface area contributed by atoms with Crippen molar-refractivity contribution in [3.63, 3.8) is 0 Å². The molecule has 3 aromatic rings. The first-order chi connectivity index (χ1) is 9.40. The molecule has 1 amide bonds. The molecule has 0 saturated carbocycles. The summed E-state index contributed by atoms with van der Waals surface area (Å²) < 4.78 is 10.9. The van der Waals surface area contributed by atoms with E-state index in [1.807, 2.05) is 0 Å². The summed E-state index contributed by atoms with van der Waals surface area (Å²) in [5, 5.41) is 1.22. The molecule has 0 aliphatic heterocycles. The summed E-state index contributed by atoms with van der Waals surface area (Å²) in [6.07, 6.45) is 0. The number of carbonyl (C=O) groups excluding carboxylic acids is 1. The number of fused-ring (bicyclic) bond motifs is 2. The van der Waals surface area contributed by atoms with Crippen molar-refractivity contribution in [3.8, 4) is 0 Å². The van der Waals surface area contributed by atoms with Gasteiger partial charge < -0.3 is 14.6 Å². The molecule has 5 heteroatoms. The molecule has 102 valence electrons. The molecule has 2 N–H and O–H groups in total. The van der Waals surface area contributed by atoms with Crippen molar-refractivity contribution in [3.05, 3.63) is 45.0 Å². The zero-order chi connectivity index (χ0) is 14.6. The van der Waals surface area contributed by atoms with Gasteiger partial charge in [0.2, 0.25) is 5.91 Å². The number of nitrogens with two attached hydrogens (primary N) is 1. The van der Waals surface area contributed by atoms with Gasteiger partial charge in [0.05, 0.1) is 5.56 Å². The highest BCUT2D eigenvalue weighted by Crippen LogP contribution is 2.35. The first kappa shape index (κ1) is 12.5. The third kappa shape index (κ3) is 1.56. The molecule has 5 nitrogen and oxygen atoms in total. The molecule has 1 aromatic carbocycles. The largest absolute Gasteiger partial charge is 0.461 e. The molecule has 2 heterocycles. The van der Waals surface area contributed by atoms with Crippen LogP contribution in [0.5, 0.6) is 0 Å². The van der Waals surface area contributed by atoms with Gasteiger partial charge in [-0.1, -0.05) is 0 Å².